The molecule has 3 rings (SSSR count). The molecule has 2 aliphatic rings. The van der Waals surface area contributed by atoms with E-state index in [4.69, 9.17) is 4.74 Å². The molecule has 2 atom stereocenters. The fourth-order valence-corrected chi connectivity index (χ4v) is 3.83. The molecule has 27 heavy (non-hydrogen) atoms. The number of guanidine groups is 1. The van der Waals surface area contributed by atoms with Gasteiger partial charge in [-0.3, -0.25) is 4.99 Å². The van der Waals surface area contributed by atoms with Crippen LogP contribution in [-0.4, -0.2) is 70.8 Å². The zero-order chi connectivity index (χ0) is 18.5. The fraction of sp³-hybridized carbons (Fsp3) is 0.650. The van der Waals surface area contributed by atoms with Crippen molar-refractivity contribution in [3.63, 3.8) is 0 Å². The molecule has 0 bridgehead atoms. The Morgan fingerprint density at radius 1 is 1.30 bits per heavy atom. The van der Waals surface area contributed by atoms with Crippen molar-refractivity contribution in [2.24, 2.45) is 10.9 Å². The fourth-order valence-electron chi connectivity index (χ4n) is 3.83. The van der Waals surface area contributed by atoms with Gasteiger partial charge in [0.1, 0.15) is 5.75 Å². The number of rotatable bonds is 7. The van der Waals surface area contributed by atoms with E-state index in [1.807, 2.05) is 19.2 Å². The number of para-hydroxylation sites is 2. The molecule has 1 saturated heterocycles. The van der Waals surface area contributed by atoms with Crippen molar-refractivity contribution >= 4 is 35.6 Å². The maximum Gasteiger partial charge on any atom is 0.191 e. The summed E-state index contributed by atoms with van der Waals surface area (Å²) in [5, 5.41) is 7.12. The normalized spacial score (nSPS) is 21.0. The molecule has 0 radical (unpaired) electrons. The molecule has 152 valence electrons. The molecule has 1 saturated carbocycles. The number of hydrogen-bond acceptors (Lipinski definition) is 4. The third kappa shape index (κ3) is 5.88. The molecule has 1 aliphatic carbocycles. The standard InChI is InChI=1S/C20H33N5O.HI/c1-21-20(22-13-18(24(2)3)15-9-10-15)23-16-11-12-25(14-16)17-7-5-6-8-19(17)26-4;/h5-8,15-16,18H,9-14H2,1-4H3,(H2,21,22,23);1H. The summed E-state index contributed by atoms with van der Waals surface area (Å²) in [6.07, 6.45) is 3.80. The minimum Gasteiger partial charge on any atom is -0.495 e. The highest BCUT2D eigenvalue weighted by Crippen LogP contribution is 2.34. The topological polar surface area (TPSA) is 52.1 Å². The minimum absolute atomic E-state index is 0. The number of anilines is 1. The third-order valence-electron chi connectivity index (χ3n) is 5.49. The molecule has 0 aromatic heterocycles. The first-order valence-electron chi connectivity index (χ1n) is 9.64. The van der Waals surface area contributed by atoms with Crippen LogP contribution in [0.1, 0.15) is 19.3 Å². The molecule has 1 aliphatic heterocycles. The summed E-state index contributed by atoms with van der Waals surface area (Å²) in [5.74, 6) is 2.68. The Kier molecular flexibility index (Phi) is 8.47. The molecule has 2 unspecified atom stereocenters. The Balaban J connectivity index is 0.00000261. The number of nitrogens with one attached hydrogen (secondary N) is 2. The Morgan fingerprint density at radius 3 is 2.67 bits per heavy atom. The van der Waals surface area contributed by atoms with Gasteiger partial charge in [0.05, 0.1) is 12.8 Å². The second-order valence-corrected chi connectivity index (χ2v) is 7.57. The predicted octanol–water partition coefficient (Wildman–Crippen LogP) is 2.40. The van der Waals surface area contributed by atoms with E-state index in [0.29, 0.717) is 12.1 Å². The highest BCUT2D eigenvalue weighted by molar-refractivity contribution is 14.0. The van der Waals surface area contributed by atoms with Crippen LogP contribution in [0.5, 0.6) is 5.75 Å². The van der Waals surface area contributed by atoms with Gasteiger partial charge in [-0.15, -0.1) is 24.0 Å². The molecule has 1 heterocycles. The zero-order valence-electron chi connectivity index (χ0n) is 16.9. The van der Waals surface area contributed by atoms with Crippen LogP contribution >= 0.6 is 24.0 Å². The van der Waals surface area contributed by atoms with Crippen LogP contribution in [0.25, 0.3) is 0 Å². The summed E-state index contributed by atoms with van der Waals surface area (Å²) in [6.45, 7) is 2.93. The number of ether oxygens (including phenoxy) is 1. The summed E-state index contributed by atoms with van der Waals surface area (Å²) >= 11 is 0. The number of likely N-dealkylation sites (N-methyl/N-ethyl adjacent to an activating group) is 1. The van der Waals surface area contributed by atoms with Gasteiger partial charge in [0.25, 0.3) is 0 Å². The average Bonchev–Trinajstić information content (AvgIpc) is 3.38. The van der Waals surface area contributed by atoms with Gasteiger partial charge < -0.3 is 25.2 Å². The Hall–Kier alpha value is -1.22. The van der Waals surface area contributed by atoms with Gasteiger partial charge in [-0.25, -0.2) is 0 Å². The van der Waals surface area contributed by atoms with E-state index in [1.165, 1.54) is 18.5 Å². The molecule has 0 amide bonds. The molecule has 2 fully saturated rings. The molecular weight excluding hydrogens is 453 g/mol. The van der Waals surface area contributed by atoms with E-state index >= 15 is 0 Å². The number of hydrogen-bond donors (Lipinski definition) is 2. The van der Waals surface area contributed by atoms with Crippen molar-refractivity contribution in [1.29, 1.82) is 0 Å². The van der Waals surface area contributed by atoms with Crippen molar-refractivity contribution < 1.29 is 4.74 Å². The van der Waals surface area contributed by atoms with Crippen LogP contribution in [0.4, 0.5) is 5.69 Å². The van der Waals surface area contributed by atoms with Crippen molar-refractivity contribution in [2.75, 3.05) is 52.8 Å². The zero-order valence-corrected chi connectivity index (χ0v) is 19.3. The van der Waals surface area contributed by atoms with Gasteiger partial charge in [0.15, 0.2) is 5.96 Å². The van der Waals surface area contributed by atoms with Gasteiger partial charge in [0, 0.05) is 38.8 Å². The first kappa shape index (κ1) is 22.1. The summed E-state index contributed by atoms with van der Waals surface area (Å²) in [6, 6.07) is 9.22. The lowest BCUT2D eigenvalue weighted by Crippen LogP contribution is -2.49. The summed E-state index contributed by atoms with van der Waals surface area (Å²) in [7, 11) is 7.92. The largest absolute Gasteiger partial charge is 0.495 e. The Morgan fingerprint density at radius 2 is 2.04 bits per heavy atom. The molecule has 1 aromatic rings. The molecule has 1 aromatic carbocycles. The van der Waals surface area contributed by atoms with Gasteiger partial charge in [0.2, 0.25) is 0 Å². The summed E-state index contributed by atoms with van der Waals surface area (Å²) in [4.78, 5) is 9.14. The van der Waals surface area contributed by atoms with Crippen molar-refractivity contribution in [1.82, 2.24) is 15.5 Å². The first-order valence-corrected chi connectivity index (χ1v) is 9.64. The quantitative estimate of drug-likeness (QED) is 0.352. The van der Waals surface area contributed by atoms with Crippen LogP contribution in [0, 0.1) is 5.92 Å². The number of halogens is 1. The van der Waals surface area contributed by atoms with Crippen molar-refractivity contribution in [3.8, 4) is 5.75 Å². The van der Waals surface area contributed by atoms with E-state index in [0.717, 1.165) is 43.7 Å². The average molecular weight is 487 g/mol. The van der Waals surface area contributed by atoms with Crippen LogP contribution in [-0.2, 0) is 0 Å². The third-order valence-corrected chi connectivity index (χ3v) is 5.49. The lowest BCUT2D eigenvalue weighted by atomic mass is 10.1. The van der Waals surface area contributed by atoms with Crippen LogP contribution in [0.15, 0.2) is 29.3 Å². The predicted molar refractivity (Wildman–Crippen MR) is 124 cm³/mol. The van der Waals surface area contributed by atoms with Crippen molar-refractivity contribution in [2.45, 2.75) is 31.3 Å². The lowest BCUT2D eigenvalue weighted by Gasteiger charge is -2.26. The van der Waals surface area contributed by atoms with E-state index < -0.39 is 0 Å². The van der Waals surface area contributed by atoms with Crippen LogP contribution < -0.4 is 20.3 Å². The highest BCUT2D eigenvalue weighted by atomic mass is 127. The number of aliphatic imine (C=N–C) groups is 1. The Labute approximate surface area is 180 Å². The summed E-state index contributed by atoms with van der Waals surface area (Å²) < 4.78 is 5.51. The lowest BCUT2D eigenvalue weighted by molar-refractivity contribution is 0.264. The minimum atomic E-state index is 0. The SMILES string of the molecule is CN=C(NCC(C1CC1)N(C)C)NC1CCN(c2ccccc2OC)C1.I. The second kappa shape index (κ2) is 10.4. The Bertz CT molecular complexity index is 618. The molecule has 2 N–H and O–H groups in total. The van der Waals surface area contributed by atoms with Gasteiger partial charge in [-0.2, -0.15) is 0 Å². The number of methoxy groups -OCH3 is 1. The molecule has 7 heteroatoms. The smallest absolute Gasteiger partial charge is 0.191 e. The maximum atomic E-state index is 5.51. The van der Waals surface area contributed by atoms with E-state index in [2.05, 4.69) is 51.7 Å². The molecular formula is C20H34IN5O. The molecule has 6 nitrogen and oxygen atoms in total. The van der Waals surface area contributed by atoms with Crippen LogP contribution in [0.2, 0.25) is 0 Å². The van der Waals surface area contributed by atoms with E-state index in [-0.39, 0.29) is 24.0 Å². The number of nitrogens with zero attached hydrogens (tertiary/aromatic N) is 3. The van der Waals surface area contributed by atoms with Gasteiger partial charge in [-0.05, 0) is 51.4 Å². The number of benzene rings is 1. The van der Waals surface area contributed by atoms with E-state index in [9.17, 15) is 0 Å². The van der Waals surface area contributed by atoms with Gasteiger partial charge >= 0.3 is 0 Å². The van der Waals surface area contributed by atoms with Gasteiger partial charge in [-0.1, -0.05) is 12.1 Å². The van der Waals surface area contributed by atoms with Crippen LogP contribution in [0.3, 0.4) is 0 Å². The summed E-state index contributed by atoms with van der Waals surface area (Å²) in [5.41, 5.74) is 1.17. The highest BCUT2D eigenvalue weighted by Gasteiger charge is 2.32. The maximum absolute atomic E-state index is 5.51. The molecule has 0 spiro atoms. The first-order chi connectivity index (χ1) is 12.6. The van der Waals surface area contributed by atoms with E-state index in [1.54, 1.807) is 7.11 Å². The van der Waals surface area contributed by atoms with Crippen molar-refractivity contribution in [3.05, 3.63) is 24.3 Å². The monoisotopic (exact) mass is 487 g/mol. The second-order valence-electron chi connectivity index (χ2n) is 7.57.